The molecule has 0 N–H and O–H groups in total. The highest BCUT2D eigenvalue weighted by molar-refractivity contribution is 6.26. The van der Waals surface area contributed by atoms with E-state index in [1.54, 1.807) is 0 Å². The first-order valence-corrected chi connectivity index (χ1v) is 12.2. The molecule has 0 heteroatoms. The summed E-state index contributed by atoms with van der Waals surface area (Å²) < 4.78 is 0. The van der Waals surface area contributed by atoms with Crippen molar-refractivity contribution < 1.29 is 0 Å². The highest BCUT2D eigenvalue weighted by Gasteiger charge is 2.14. The van der Waals surface area contributed by atoms with Crippen molar-refractivity contribution >= 4 is 43.1 Å². The minimum atomic E-state index is 0. The molecule has 7 aromatic carbocycles. The Morgan fingerprint density at radius 2 is 0.889 bits per heavy atom. The van der Waals surface area contributed by atoms with Gasteiger partial charge < -0.3 is 0 Å². The second kappa shape index (κ2) is 8.66. The van der Waals surface area contributed by atoms with E-state index in [9.17, 15) is 0 Å². The number of hydrogen-bond acceptors (Lipinski definition) is 0. The van der Waals surface area contributed by atoms with Crippen LogP contribution in [0, 0.1) is 6.92 Å². The highest BCUT2D eigenvalue weighted by atomic mass is 14.2. The molecule has 0 saturated carbocycles. The van der Waals surface area contributed by atoms with Crippen LogP contribution in [0.1, 0.15) is 13.0 Å². The Bertz CT molecular complexity index is 1850. The summed E-state index contributed by atoms with van der Waals surface area (Å²) in [5.74, 6) is 0. The van der Waals surface area contributed by atoms with Gasteiger partial charge in [0.15, 0.2) is 0 Å². The van der Waals surface area contributed by atoms with Gasteiger partial charge in [0.1, 0.15) is 0 Å². The third-order valence-electron chi connectivity index (χ3n) is 7.32. The molecular weight excluding hydrogens is 432 g/mol. The molecule has 0 saturated heterocycles. The third kappa shape index (κ3) is 3.38. The Morgan fingerprint density at radius 3 is 1.53 bits per heavy atom. The lowest BCUT2D eigenvalue weighted by Gasteiger charge is -2.16. The third-order valence-corrected chi connectivity index (χ3v) is 7.32. The number of hydrogen-bond donors (Lipinski definition) is 0. The lowest BCUT2D eigenvalue weighted by Crippen LogP contribution is -1.90. The van der Waals surface area contributed by atoms with Crippen LogP contribution < -0.4 is 0 Å². The summed E-state index contributed by atoms with van der Waals surface area (Å²) in [6, 6.07) is 46.8. The lowest BCUT2D eigenvalue weighted by atomic mass is 9.87. The topological polar surface area (TPSA) is 0 Å². The van der Waals surface area contributed by atoms with Gasteiger partial charge in [0.2, 0.25) is 0 Å². The SMILES string of the molecule is C.Cc1ccc(-c2c(-c3ccc4c5ccccc5c5ccccc5c4c3)ccc3ccccc23)cc1. The molecule has 0 aliphatic rings. The van der Waals surface area contributed by atoms with Crippen molar-refractivity contribution in [3.8, 4) is 22.3 Å². The minimum Gasteiger partial charge on any atom is -0.0776 e. The van der Waals surface area contributed by atoms with E-state index in [1.807, 2.05) is 0 Å². The zero-order valence-corrected chi connectivity index (χ0v) is 19.6. The largest absolute Gasteiger partial charge is 0.0776 e. The summed E-state index contributed by atoms with van der Waals surface area (Å²) in [6.45, 7) is 2.15. The van der Waals surface area contributed by atoms with E-state index in [-0.39, 0.29) is 7.43 Å². The van der Waals surface area contributed by atoms with Crippen molar-refractivity contribution in [1.82, 2.24) is 0 Å². The average Bonchev–Trinajstić information content (AvgIpc) is 2.93. The maximum atomic E-state index is 2.39. The standard InChI is InChI=1S/C35H24.CH4/c1-23-14-16-25(17-15-23)35-27-9-3-2-8-24(27)18-20-28(35)26-19-21-33-31-12-5-4-10-29(31)30-11-6-7-13-32(30)34(33)22-26;/h2-22H,1H3;1H4. The molecule has 172 valence electrons. The summed E-state index contributed by atoms with van der Waals surface area (Å²) >= 11 is 0. The number of rotatable bonds is 2. The summed E-state index contributed by atoms with van der Waals surface area (Å²) in [5, 5.41) is 10.4. The zero-order chi connectivity index (χ0) is 23.4. The Morgan fingerprint density at radius 1 is 0.389 bits per heavy atom. The zero-order valence-electron chi connectivity index (χ0n) is 19.6. The van der Waals surface area contributed by atoms with Crippen LogP contribution in [-0.4, -0.2) is 0 Å². The van der Waals surface area contributed by atoms with Gasteiger partial charge >= 0.3 is 0 Å². The first kappa shape index (κ1) is 22.1. The van der Waals surface area contributed by atoms with Crippen molar-refractivity contribution in [3.05, 3.63) is 133 Å². The normalized spacial score (nSPS) is 11.2. The summed E-state index contributed by atoms with van der Waals surface area (Å²) in [4.78, 5) is 0. The summed E-state index contributed by atoms with van der Waals surface area (Å²) in [6.07, 6.45) is 0. The van der Waals surface area contributed by atoms with Gasteiger partial charge in [0, 0.05) is 0 Å². The van der Waals surface area contributed by atoms with Crippen LogP contribution in [0.5, 0.6) is 0 Å². The van der Waals surface area contributed by atoms with Crippen LogP contribution in [0.4, 0.5) is 0 Å². The molecule has 0 aliphatic heterocycles. The van der Waals surface area contributed by atoms with Gasteiger partial charge in [-0.3, -0.25) is 0 Å². The van der Waals surface area contributed by atoms with Gasteiger partial charge in [0.25, 0.3) is 0 Å². The Balaban J connectivity index is 0.00000240. The van der Waals surface area contributed by atoms with Gasteiger partial charge in [-0.1, -0.05) is 134 Å². The Hall–Kier alpha value is -4.42. The number of fused-ring (bicyclic) bond motifs is 7. The van der Waals surface area contributed by atoms with Crippen LogP contribution in [0.2, 0.25) is 0 Å². The van der Waals surface area contributed by atoms with Gasteiger partial charge in [-0.15, -0.1) is 0 Å². The fourth-order valence-electron chi connectivity index (χ4n) is 5.62. The second-order valence-corrected chi connectivity index (χ2v) is 9.43. The second-order valence-electron chi connectivity index (χ2n) is 9.43. The van der Waals surface area contributed by atoms with E-state index in [2.05, 4.69) is 134 Å². The van der Waals surface area contributed by atoms with Gasteiger partial charge in [-0.25, -0.2) is 0 Å². The molecule has 0 nitrogen and oxygen atoms in total. The molecule has 0 atom stereocenters. The quantitative estimate of drug-likeness (QED) is 0.225. The predicted octanol–water partition coefficient (Wildman–Crippen LogP) is 10.6. The molecule has 0 heterocycles. The van der Waals surface area contributed by atoms with Gasteiger partial charge in [-0.2, -0.15) is 0 Å². The average molecular weight is 461 g/mol. The highest BCUT2D eigenvalue weighted by Crippen LogP contribution is 2.41. The van der Waals surface area contributed by atoms with Gasteiger partial charge in [-0.05, 0) is 78.3 Å². The Kier molecular flexibility index (Phi) is 5.31. The van der Waals surface area contributed by atoms with Crippen molar-refractivity contribution in [2.75, 3.05) is 0 Å². The molecule has 0 radical (unpaired) electrons. The van der Waals surface area contributed by atoms with Crippen LogP contribution in [0.25, 0.3) is 65.3 Å². The number of benzene rings is 7. The van der Waals surface area contributed by atoms with E-state index in [1.165, 1.54) is 70.9 Å². The lowest BCUT2D eigenvalue weighted by molar-refractivity contribution is 1.47. The smallest absolute Gasteiger partial charge is 0.00268 e. The monoisotopic (exact) mass is 460 g/mol. The molecule has 7 rings (SSSR count). The minimum absolute atomic E-state index is 0. The molecular formula is C36H28. The summed E-state index contributed by atoms with van der Waals surface area (Å²) in [7, 11) is 0. The molecule has 36 heavy (non-hydrogen) atoms. The van der Waals surface area contributed by atoms with Crippen LogP contribution in [-0.2, 0) is 0 Å². The van der Waals surface area contributed by atoms with Crippen LogP contribution in [0.15, 0.2) is 127 Å². The molecule has 0 spiro atoms. The maximum Gasteiger partial charge on any atom is -0.00268 e. The van der Waals surface area contributed by atoms with E-state index < -0.39 is 0 Å². The van der Waals surface area contributed by atoms with Crippen molar-refractivity contribution in [2.24, 2.45) is 0 Å². The first-order valence-electron chi connectivity index (χ1n) is 12.2. The molecule has 0 unspecified atom stereocenters. The van der Waals surface area contributed by atoms with E-state index >= 15 is 0 Å². The summed E-state index contributed by atoms with van der Waals surface area (Å²) in [5.41, 5.74) is 6.35. The van der Waals surface area contributed by atoms with Gasteiger partial charge in [0.05, 0.1) is 0 Å². The molecule has 0 fully saturated rings. The Labute approximate surface area is 212 Å². The van der Waals surface area contributed by atoms with E-state index in [4.69, 9.17) is 0 Å². The van der Waals surface area contributed by atoms with Crippen molar-refractivity contribution in [3.63, 3.8) is 0 Å². The maximum absolute atomic E-state index is 2.39. The van der Waals surface area contributed by atoms with Crippen molar-refractivity contribution in [2.45, 2.75) is 14.4 Å². The fraction of sp³-hybridized carbons (Fsp3) is 0.0556. The molecule has 0 aromatic heterocycles. The fourth-order valence-corrected chi connectivity index (χ4v) is 5.62. The van der Waals surface area contributed by atoms with E-state index in [0.29, 0.717) is 0 Å². The molecule has 7 aromatic rings. The van der Waals surface area contributed by atoms with Crippen LogP contribution in [0.3, 0.4) is 0 Å². The van der Waals surface area contributed by atoms with Crippen molar-refractivity contribution in [1.29, 1.82) is 0 Å². The van der Waals surface area contributed by atoms with E-state index in [0.717, 1.165) is 0 Å². The molecule has 0 amide bonds. The van der Waals surface area contributed by atoms with Crippen LogP contribution >= 0.6 is 0 Å². The predicted molar refractivity (Wildman–Crippen MR) is 159 cm³/mol. The first-order chi connectivity index (χ1) is 17.3. The number of aryl methyl sites for hydroxylation is 1. The molecule has 0 bridgehead atoms. The molecule has 0 aliphatic carbocycles.